The molecule has 1 amide bonds. The van der Waals surface area contributed by atoms with Gasteiger partial charge in [0.05, 0.1) is 10.4 Å². The van der Waals surface area contributed by atoms with E-state index in [1.54, 1.807) is 24.3 Å². The third-order valence-corrected chi connectivity index (χ3v) is 5.71. The smallest absolute Gasteiger partial charge is 0.240 e. The van der Waals surface area contributed by atoms with E-state index in [4.69, 9.17) is 5.73 Å². The Morgan fingerprint density at radius 2 is 1.71 bits per heavy atom. The van der Waals surface area contributed by atoms with Crippen molar-refractivity contribution in [2.24, 2.45) is 5.73 Å². The van der Waals surface area contributed by atoms with Crippen LogP contribution in [-0.2, 0) is 14.8 Å². The minimum absolute atomic E-state index is 0. The number of carbonyl (C=O) groups is 1. The molecule has 1 saturated carbocycles. The van der Waals surface area contributed by atoms with Crippen LogP contribution in [0.3, 0.4) is 0 Å². The lowest BCUT2D eigenvalue weighted by Crippen LogP contribution is -2.55. The van der Waals surface area contributed by atoms with Crippen LogP contribution >= 0.6 is 12.4 Å². The number of hydrogen-bond acceptors (Lipinski definition) is 4. The Labute approximate surface area is 150 Å². The molecule has 0 bridgehead atoms. The summed E-state index contributed by atoms with van der Waals surface area (Å²) in [4.78, 5) is 12.4. The molecule has 1 aromatic rings. The number of carbonyl (C=O) groups excluding carboxylic acids is 1. The molecule has 2 rings (SSSR count). The predicted molar refractivity (Wildman–Crippen MR) is 96.6 cm³/mol. The van der Waals surface area contributed by atoms with Gasteiger partial charge in [-0.1, -0.05) is 37.0 Å². The summed E-state index contributed by atoms with van der Waals surface area (Å²) in [6.07, 6.45) is 4.42. The molecule has 0 unspecified atom stereocenters. The molecule has 0 aliphatic heterocycles. The zero-order valence-electron chi connectivity index (χ0n) is 13.9. The molecular formula is C16H26ClN3O3S. The second kappa shape index (κ2) is 8.80. The Morgan fingerprint density at radius 1 is 1.12 bits per heavy atom. The van der Waals surface area contributed by atoms with Crippen molar-refractivity contribution in [3.63, 3.8) is 0 Å². The minimum Gasteiger partial charge on any atom is -0.353 e. The summed E-state index contributed by atoms with van der Waals surface area (Å²) in [5, 5.41) is 2.74. The van der Waals surface area contributed by atoms with Crippen molar-refractivity contribution in [3.05, 3.63) is 29.8 Å². The van der Waals surface area contributed by atoms with Crippen LogP contribution in [0.1, 0.15) is 37.7 Å². The molecule has 0 spiro atoms. The molecule has 1 aliphatic carbocycles. The van der Waals surface area contributed by atoms with Crippen LogP contribution in [0, 0.1) is 6.92 Å². The normalized spacial score (nSPS) is 16.9. The van der Waals surface area contributed by atoms with Gasteiger partial charge in [-0.05, 0) is 31.9 Å². The van der Waals surface area contributed by atoms with Crippen LogP contribution in [-0.4, -0.2) is 33.0 Å². The van der Waals surface area contributed by atoms with Gasteiger partial charge in [0.2, 0.25) is 15.9 Å². The maximum Gasteiger partial charge on any atom is 0.240 e. The van der Waals surface area contributed by atoms with E-state index in [-0.39, 0.29) is 36.3 Å². The van der Waals surface area contributed by atoms with Gasteiger partial charge in [-0.25, -0.2) is 13.1 Å². The second-order valence-electron chi connectivity index (χ2n) is 6.18. The van der Waals surface area contributed by atoms with E-state index in [9.17, 15) is 13.2 Å². The van der Waals surface area contributed by atoms with Gasteiger partial charge >= 0.3 is 0 Å². The highest BCUT2D eigenvalue weighted by molar-refractivity contribution is 7.89. The van der Waals surface area contributed by atoms with Crippen LogP contribution < -0.4 is 15.8 Å². The van der Waals surface area contributed by atoms with Crippen molar-refractivity contribution >= 4 is 28.3 Å². The van der Waals surface area contributed by atoms with Crippen molar-refractivity contribution in [1.29, 1.82) is 0 Å². The number of benzene rings is 1. The summed E-state index contributed by atoms with van der Waals surface area (Å²) in [5.41, 5.74) is 6.32. The van der Waals surface area contributed by atoms with Crippen LogP contribution in [0.25, 0.3) is 0 Å². The van der Waals surface area contributed by atoms with Crippen molar-refractivity contribution in [2.45, 2.75) is 49.5 Å². The topological polar surface area (TPSA) is 101 Å². The van der Waals surface area contributed by atoms with Gasteiger partial charge in [0, 0.05) is 13.1 Å². The summed E-state index contributed by atoms with van der Waals surface area (Å²) in [7, 11) is -3.55. The number of nitrogens with one attached hydrogen (secondary N) is 2. The van der Waals surface area contributed by atoms with Crippen LogP contribution in [0.15, 0.2) is 29.2 Å². The monoisotopic (exact) mass is 375 g/mol. The van der Waals surface area contributed by atoms with E-state index >= 15 is 0 Å². The Bertz CT molecular complexity index is 641. The van der Waals surface area contributed by atoms with E-state index in [2.05, 4.69) is 10.0 Å². The number of rotatable bonds is 6. The molecule has 1 aliphatic rings. The molecule has 1 aromatic carbocycles. The summed E-state index contributed by atoms with van der Waals surface area (Å²) >= 11 is 0. The van der Waals surface area contributed by atoms with Gasteiger partial charge in [-0.2, -0.15) is 0 Å². The summed E-state index contributed by atoms with van der Waals surface area (Å²) in [5.74, 6) is -0.188. The fourth-order valence-corrected chi connectivity index (χ4v) is 3.78. The van der Waals surface area contributed by atoms with Gasteiger partial charge in [-0.15, -0.1) is 12.4 Å². The first kappa shape index (κ1) is 20.9. The molecular weight excluding hydrogens is 350 g/mol. The standard InChI is InChI=1S/C16H25N3O3S.ClH/c1-13-5-7-14(8-6-13)23(21,22)19-12-11-18-15(20)16(17)9-3-2-4-10-16;/h5-8,19H,2-4,9-12,17H2,1H3,(H,18,20);1H. The van der Waals surface area contributed by atoms with Crippen molar-refractivity contribution < 1.29 is 13.2 Å². The Morgan fingerprint density at radius 3 is 2.29 bits per heavy atom. The van der Waals surface area contributed by atoms with Crippen LogP contribution in [0.2, 0.25) is 0 Å². The van der Waals surface area contributed by atoms with E-state index in [1.807, 2.05) is 6.92 Å². The third-order valence-electron chi connectivity index (χ3n) is 4.23. The molecule has 6 nitrogen and oxygen atoms in total. The highest BCUT2D eigenvalue weighted by Crippen LogP contribution is 2.25. The molecule has 0 radical (unpaired) electrons. The zero-order chi connectivity index (χ0) is 16.9. The number of aryl methyl sites for hydroxylation is 1. The lowest BCUT2D eigenvalue weighted by Gasteiger charge is -2.31. The van der Waals surface area contributed by atoms with Crippen LogP contribution in [0.4, 0.5) is 0 Å². The van der Waals surface area contributed by atoms with Gasteiger partial charge < -0.3 is 11.1 Å². The SMILES string of the molecule is Cc1ccc(S(=O)(=O)NCCNC(=O)C2(N)CCCCC2)cc1.Cl. The van der Waals surface area contributed by atoms with E-state index in [0.717, 1.165) is 24.8 Å². The lowest BCUT2D eigenvalue weighted by molar-refractivity contribution is -0.127. The molecule has 8 heteroatoms. The number of halogens is 1. The summed E-state index contributed by atoms with van der Waals surface area (Å²) < 4.78 is 26.7. The lowest BCUT2D eigenvalue weighted by atomic mass is 9.82. The Kier molecular flexibility index (Phi) is 7.66. The fraction of sp³-hybridized carbons (Fsp3) is 0.562. The zero-order valence-corrected chi connectivity index (χ0v) is 15.5. The second-order valence-corrected chi connectivity index (χ2v) is 7.95. The summed E-state index contributed by atoms with van der Waals surface area (Å²) in [6, 6.07) is 6.62. The highest BCUT2D eigenvalue weighted by Gasteiger charge is 2.34. The highest BCUT2D eigenvalue weighted by atomic mass is 35.5. The average molecular weight is 376 g/mol. The average Bonchev–Trinajstić information content (AvgIpc) is 2.52. The maximum atomic E-state index is 12.1. The molecule has 1 fully saturated rings. The molecule has 24 heavy (non-hydrogen) atoms. The van der Waals surface area contributed by atoms with E-state index in [1.165, 1.54) is 0 Å². The number of nitrogens with two attached hydrogens (primary N) is 1. The molecule has 0 atom stereocenters. The number of hydrogen-bond donors (Lipinski definition) is 3. The quantitative estimate of drug-likeness (QED) is 0.655. The van der Waals surface area contributed by atoms with Gasteiger partial charge in [0.15, 0.2) is 0 Å². The molecule has 136 valence electrons. The van der Waals surface area contributed by atoms with Crippen molar-refractivity contribution in [2.75, 3.05) is 13.1 Å². The molecule has 0 saturated heterocycles. The van der Waals surface area contributed by atoms with Crippen LogP contribution in [0.5, 0.6) is 0 Å². The fourth-order valence-electron chi connectivity index (χ4n) is 2.75. The first-order valence-corrected chi connectivity index (χ1v) is 9.45. The van der Waals surface area contributed by atoms with Gasteiger partial charge in [-0.3, -0.25) is 4.79 Å². The Hall–Kier alpha value is -1.15. The first-order chi connectivity index (χ1) is 10.8. The molecule has 0 aromatic heterocycles. The molecule has 4 N–H and O–H groups in total. The first-order valence-electron chi connectivity index (χ1n) is 7.97. The van der Waals surface area contributed by atoms with E-state index in [0.29, 0.717) is 12.8 Å². The third kappa shape index (κ3) is 5.44. The maximum absolute atomic E-state index is 12.1. The number of amides is 1. The Balaban J connectivity index is 0.00000288. The van der Waals surface area contributed by atoms with Gasteiger partial charge in [0.25, 0.3) is 0 Å². The van der Waals surface area contributed by atoms with Crippen molar-refractivity contribution in [3.8, 4) is 0 Å². The predicted octanol–water partition coefficient (Wildman–Crippen LogP) is 1.47. The van der Waals surface area contributed by atoms with Crippen molar-refractivity contribution in [1.82, 2.24) is 10.0 Å². The minimum atomic E-state index is -3.55. The van der Waals surface area contributed by atoms with E-state index < -0.39 is 15.6 Å². The molecule has 0 heterocycles. The largest absolute Gasteiger partial charge is 0.353 e. The number of sulfonamides is 1. The van der Waals surface area contributed by atoms with Gasteiger partial charge in [0.1, 0.15) is 0 Å². The summed E-state index contributed by atoms with van der Waals surface area (Å²) in [6.45, 7) is 2.26.